The molecule has 1 aliphatic carbocycles. The van der Waals surface area contributed by atoms with Gasteiger partial charge in [-0.15, -0.1) is 0 Å². The molecule has 1 aromatic rings. The minimum atomic E-state index is 0.0513. The van der Waals surface area contributed by atoms with E-state index >= 15 is 0 Å². The number of aliphatic hydroxyl groups excluding tert-OH is 1. The number of methoxy groups -OCH3 is 1. The molecule has 2 rings (SSSR count). The van der Waals surface area contributed by atoms with Crippen molar-refractivity contribution in [3.05, 3.63) is 11.4 Å². The van der Waals surface area contributed by atoms with E-state index in [1.807, 2.05) is 14.0 Å². The standard InChI is InChI=1S/C14H24N4O2/c1-9-12(15-2)17-14(10-4-5-10)18-13(9)16-11(6-7-19)8-20-3/h10-11,19H,4-8H2,1-3H3,(H2,15,16,17,18). The molecule has 1 saturated carbocycles. The van der Waals surface area contributed by atoms with Crippen LogP contribution < -0.4 is 10.6 Å². The van der Waals surface area contributed by atoms with Crippen molar-refractivity contribution in [1.29, 1.82) is 0 Å². The molecule has 0 amide bonds. The van der Waals surface area contributed by atoms with Crippen LogP contribution in [0.3, 0.4) is 0 Å². The molecule has 0 saturated heterocycles. The fourth-order valence-electron chi connectivity index (χ4n) is 2.19. The predicted molar refractivity (Wildman–Crippen MR) is 79.3 cm³/mol. The molecule has 0 spiro atoms. The van der Waals surface area contributed by atoms with Gasteiger partial charge in [-0.1, -0.05) is 0 Å². The van der Waals surface area contributed by atoms with E-state index in [9.17, 15) is 0 Å². The number of ether oxygens (including phenoxy) is 1. The highest BCUT2D eigenvalue weighted by molar-refractivity contribution is 5.57. The summed E-state index contributed by atoms with van der Waals surface area (Å²) in [6, 6.07) is 0.0513. The van der Waals surface area contributed by atoms with Gasteiger partial charge in [-0.25, -0.2) is 9.97 Å². The Kier molecular flexibility index (Phi) is 5.14. The third-order valence-corrected chi connectivity index (χ3v) is 3.53. The molecule has 0 radical (unpaired) electrons. The van der Waals surface area contributed by atoms with Crippen LogP contribution in [0, 0.1) is 6.92 Å². The zero-order valence-corrected chi connectivity index (χ0v) is 12.4. The van der Waals surface area contributed by atoms with Crippen molar-refractivity contribution in [1.82, 2.24) is 9.97 Å². The van der Waals surface area contributed by atoms with Gasteiger partial charge in [-0.05, 0) is 26.2 Å². The molecular weight excluding hydrogens is 256 g/mol. The van der Waals surface area contributed by atoms with E-state index in [2.05, 4.69) is 20.6 Å². The third kappa shape index (κ3) is 3.58. The molecule has 1 aliphatic rings. The van der Waals surface area contributed by atoms with Crippen molar-refractivity contribution in [3.63, 3.8) is 0 Å². The van der Waals surface area contributed by atoms with Crippen molar-refractivity contribution >= 4 is 11.6 Å². The molecule has 6 nitrogen and oxygen atoms in total. The minimum absolute atomic E-state index is 0.0513. The van der Waals surface area contributed by atoms with E-state index in [4.69, 9.17) is 9.84 Å². The predicted octanol–water partition coefficient (Wildman–Crippen LogP) is 1.51. The van der Waals surface area contributed by atoms with Crippen molar-refractivity contribution in [2.24, 2.45) is 0 Å². The summed E-state index contributed by atoms with van der Waals surface area (Å²) in [4.78, 5) is 9.22. The molecule has 0 aliphatic heterocycles. The average Bonchev–Trinajstić information content (AvgIpc) is 3.26. The van der Waals surface area contributed by atoms with Gasteiger partial charge in [-0.2, -0.15) is 0 Å². The zero-order chi connectivity index (χ0) is 14.5. The lowest BCUT2D eigenvalue weighted by molar-refractivity contribution is 0.170. The number of anilines is 2. The maximum absolute atomic E-state index is 9.12. The maximum atomic E-state index is 9.12. The Morgan fingerprint density at radius 3 is 2.60 bits per heavy atom. The van der Waals surface area contributed by atoms with Gasteiger partial charge >= 0.3 is 0 Å². The van der Waals surface area contributed by atoms with Gasteiger partial charge in [0.2, 0.25) is 0 Å². The normalized spacial score (nSPS) is 16.0. The first-order chi connectivity index (χ1) is 9.69. The monoisotopic (exact) mass is 280 g/mol. The number of rotatable bonds is 8. The van der Waals surface area contributed by atoms with E-state index in [0.717, 1.165) is 23.0 Å². The molecule has 1 unspecified atom stereocenters. The Morgan fingerprint density at radius 2 is 2.05 bits per heavy atom. The second-order valence-corrected chi connectivity index (χ2v) is 5.24. The van der Waals surface area contributed by atoms with Crippen molar-refractivity contribution in [2.75, 3.05) is 38.0 Å². The van der Waals surface area contributed by atoms with E-state index in [1.165, 1.54) is 12.8 Å². The fraction of sp³-hybridized carbons (Fsp3) is 0.714. The van der Waals surface area contributed by atoms with Crippen LogP contribution in [0.2, 0.25) is 0 Å². The largest absolute Gasteiger partial charge is 0.396 e. The van der Waals surface area contributed by atoms with E-state index in [1.54, 1.807) is 7.11 Å². The molecule has 1 aromatic heterocycles. The van der Waals surface area contributed by atoms with Gasteiger partial charge in [0.1, 0.15) is 17.5 Å². The van der Waals surface area contributed by atoms with Crippen molar-refractivity contribution in [3.8, 4) is 0 Å². The molecule has 6 heteroatoms. The maximum Gasteiger partial charge on any atom is 0.136 e. The molecule has 0 aromatic carbocycles. The fourth-order valence-corrected chi connectivity index (χ4v) is 2.19. The summed E-state index contributed by atoms with van der Waals surface area (Å²) < 4.78 is 5.18. The molecular formula is C14H24N4O2. The zero-order valence-electron chi connectivity index (χ0n) is 12.4. The topological polar surface area (TPSA) is 79.3 Å². The molecule has 1 fully saturated rings. The first-order valence-corrected chi connectivity index (χ1v) is 7.12. The number of aliphatic hydroxyl groups is 1. The summed E-state index contributed by atoms with van der Waals surface area (Å²) in [7, 11) is 3.53. The number of hydrogen-bond acceptors (Lipinski definition) is 6. The van der Waals surface area contributed by atoms with E-state index in [0.29, 0.717) is 18.9 Å². The molecule has 20 heavy (non-hydrogen) atoms. The quantitative estimate of drug-likeness (QED) is 0.670. The Morgan fingerprint density at radius 1 is 1.35 bits per heavy atom. The van der Waals surface area contributed by atoms with Crippen molar-refractivity contribution in [2.45, 2.75) is 38.1 Å². The van der Waals surface area contributed by atoms with Crippen LogP contribution in [0.25, 0.3) is 0 Å². The second kappa shape index (κ2) is 6.85. The highest BCUT2D eigenvalue weighted by Gasteiger charge is 2.28. The number of nitrogens with one attached hydrogen (secondary N) is 2. The molecule has 3 N–H and O–H groups in total. The SMILES string of the molecule is CNc1nc(C2CC2)nc(NC(CCO)COC)c1C. The highest BCUT2D eigenvalue weighted by atomic mass is 16.5. The van der Waals surface area contributed by atoms with Gasteiger partial charge in [0, 0.05) is 32.2 Å². The summed E-state index contributed by atoms with van der Waals surface area (Å²) in [5.41, 5.74) is 0.996. The van der Waals surface area contributed by atoms with Crippen LogP contribution >= 0.6 is 0 Å². The van der Waals surface area contributed by atoms with Crippen LogP contribution in [0.5, 0.6) is 0 Å². The van der Waals surface area contributed by atoms with E-state index < -0.39 is 0 Å². The Labute approximate surface area is 120 Å². The average molecular weight is 280 g/mol. The van der Waals surface area contributed by atoms with Gasteiger partial charge in [0.25, 0.3) is 0 Å². The second-order valence-electron chi connectivity index (χ2n) is 5.24. The number of nitrogens with zero attached hydrogens (tertiary/aromatic N) is 2. The van der Waals surface area contributed by atoms with Crippen molar-refractivity contribution < 1.29 is 9.84 Å². The lowest BCUT2D eigenvalue weighted by Gasteiger charge is -2.20. The van der Waals surface area contributed by atoms with Crippen LogP contribution in [0.15, 0.2) is 0 Å². The third-order valence-electron chi connectivity index (χ3n) is 3.53. The van der Waals surface area contributed by atoms with Crippen LogP contribution in [0.4, 0.5) is 11.6 Å². The van der Waals surface area contributed by atoms with Crippen LogP contribution in [-0.4, -0.2) is 48.5 Å². The first kappa shape index (κ1) is 15.0. The summed E-state index contributed by atoms with van der Waals surface area (Å²) in [5.74, 6) is 3.11. The molecule has 1 heterocycles. The minimum Gasteiger partial charge on any atom is -0.396 e. The van der Waals surface area contributed by atoms with Crippen LogP contribution in [-0.2, 0) is 4.74 Å². The molecule has 112 valence electrons. The highest BCUT2D eigenvalue weighted by Crippen LogP contribution is 2.39. The van der Waals surface area contributed by atoms with Gasteiger partial charge in [-0.3, -0.25) is 0 Å². The lowest BCUT2D eigenvalue weighted by atomic mass is 10.2. The first-order valence-electron chi connectivity index (χ1n) is 7.12. The lowest BCUT2D eigenvalue weighted by Crippen LogP contribution is -2.27. The Hall–Kier alpha value is -1.40. The van der Waals surface area contributed by atoms with Crippen LogP contribution in [0.1, 0.15) is 36.6 Å². The van der Waals surface area contributed by atoms with E-state index in [-0.39, 0.29) is 12.6 Å². The summed E-state index contributed by atoms with van der Waals surface area (Å²) >= 11 is 0. The summed E-state index contributed by atoms with van der Waals surface area (Å²) in [6.07, 6.45) is 2.97. The van der Waals surface area contributed by atoms with Gasteiger partial charge in [0.05, 0.1) is 12.6 Å². The Bertz CT molecular complexity index is 443. The number of hydrogen-bond donors (Lipinski definition) is 3. The van der Waals surface area contributed by atoms with Gasteiger partial charge < -0.3 is 20.5 Å². The molecule has 0 bridgehead atoms. The Balaban J connectivity index is 2.21. The smallest absolute Gasteiger partial charge is 0.136 e. The summed E-state index contributed by atoms with van der Waals surface area (Å²) in [5, 5.41) is 15.6. The number of aromatic nitrogens is 2. The van der Waals surface area contributed by atoms with Gasteiger partial charge in [0.15, 0.2) is 0 Å². The molecule has 1 atom stereocenters. The summed E-state index contributed by atoms with van der Waals surface area (Å²) in [6.45, 7) is 2.66.